The number of fused-ring (bicyclic) bond motifs is 3. The van der Waals surface area contributed by atoms with Crippen LogP contribution in [0.15, 0.2) is 18.2 Å². The highest BCUT2D eigenvalue weighted by molar-refractivity contribution is 7.16. The van der Waals surface area contributed by atoms with Gasteiger partial charge in [-0.1, -0.05) is 17.7 Å². The molecular weight excluding hydrogens is 228 g/mol. The van der Waals surface area contributed by atoms with Crippen LogP contribution < -0.4 is 5.32 Å². The van der Waals surface area contributed by atoms with E-state index >= 15 is 0 Å². The van der Waals surface area contributed by atoms with Gasteiger partial charge in [-0.2, -0.15) is 0 Å². The number of anilines is 1. The Labute approximate surface area is 96.9 Å². The summed E-state index contributed by atoms with van der Waals surface area (Å²) >= 11 is 7.68. The maximum absolute atomic E-state index is 5.96. The summed E-state index contributed by atoms with van der Waals surface area (Å²) in [4.78, 5) is 5.87. The summed E-state index contributed by atoms with van der Waals surface area (Å²) in [5.74, 6) is 0. The third kappa shape index (κ3) is 1.34. The molecule has 0 aliphatic heterocycles. The average molecular weight is 237 g/mol. The lowest BCUT2D eigenvalue weighted by Gasteiger charge is -1.99. The molecular formula is C11H9ClN2S. The lowest BCUT2D eigenvalue weighted by atomic mass is 10.1. The van der Waals surface area contributed by atoms with Gasteiger partial charge in [0.15, 0.2) is 5.13 Å². The number of aromatic nitrogens is 1. The Hall–Kier alpha value is -1.06. The van der Waals surface area contributed by atoms with E-state index in [0.717, 1.165) is 22.3 Å². The Kier molecular flexibility index (Phi) is 1.97. The van der Waals surface area contributed by atoms with E-state index in [-0.39, 0.29) is 0 Å². The Balaban J connectivity index is 2.17. The fourth-order valence-electron chi connectivity index (χ4n) is 1.90. The van der Waals surface area contributed by atoms with Gasteiger partial charge in [-0.25, -0.2) is 4.98 Å². The van der Waals surface area contributed by atoms with Crippen molar-refractivity contribution in [2.45, 2.75) is 6.42 Å². The maximum Gasteiger partial charge on any atom is 0.183 e. The molecule has 0 saturated carbocycles. The molecule has 0 atom stereocenters. The molecule has 1 aliphatic rings. The molecule has 0 unspecified atom stereocenters. The number of rotatable bonds is 1. The van der Waals surface area contributed by atoms with Gasteiger partial charge in [0.05, 0.1) is 5.69 Å². The fraction of sp³-hybridized carbons (Fsp3) is 0.182. The lowest BCUT2D eigenvalue weighted by Crippen LogP contribution is -1.86. The van der Waals surface area contributed by atoms with Gasteiger partial charge in [0.1, 0.15) is 0 Å². The summed E-state index contributed by atoms with van der Waals surface area (Å²) in [6, 6.07) is 6.01. The van der Waals surface area contributed by atoms with Crippen LogP contribution in [0.2, 0.25) is 5.02 Å². The zero-order valence-electron chi connectivity index (χ0n) is 8.17. The van der Waals surface area contributed by atoms with E-state index in [1.165, 1.54) is 16.0 Å². The minimum Gasteiger partial charge on any atom is -0.365 e. The second-order valence-electron chi connectivity index (χ2n) is 3.52. The standard InChI is InChI=1S/C11H9ClN2S/c1-13-11-14-10-8-3-2-7(12)4-6(8)5-9(10)15-11/h2-4H,5H2,1H3,(H,13,14). The Morgan fingerprint density at radius 3 is 3.13 bits per heavy atom. The van der Waals surface area contributed by atoms with Crippen LogP contribution in [0.5, 0.6) is 0 Å². The number of thiazole rings is 1. The molecule has 2 nitrogen and oxygen atoms in total. The van der Waals surface area contributed by atoms with Gasteiger partial charge in [-0.3, -0.25) is 0 Å². The summed E-state index contributed by atoms with van der Waals surface area (Å²) in [5, 5.41) is 4.87. The first-order valence-corrected chi connectivity index (χ1v) is 5.93. The van der Waals surface area contributed by atoms with Crippen LogP contribution in [0.1, 0.15) is 10.4 Å². The Bertz CT molecular complexity index is 533. The van der Waals surface area contributed by atoms with Gasteiger partial charge < -0.3 is 5.32 Å². The minimum absolute atomic E-state index is 0.803. The van der Waals surface area contributed by atoms with Gasteiger partial charge in [0.2, 0.25) is 0 Å². The highest BCUT2D eigenvalue weighted by atomic mass is 35.5. The number of benzene rings is 1. The second-order valence-corrected chi connectivity index (χ2v) is 5.04. The van der Waals surface area contributed by atoms with Crippen molar-refractivity contribution in [3.8, 4) is 11.3 Å². The Morgan fingerprint density at radius 2 is 2.33 bits per heavy atom. The van der Waals surface area contributed by atoms with Crippen molar-refractivity contribution in [3.05, 3.63) is 33.7 Å². The number of hydrogen-bond acceptors (Lipinski definition) is 3. The molecule has 1 aliphatic carbocycles. The highest BCUT2D eigenvalue weighted by Gasteiger charge is 2.22. The third-order valence-electron chi connectivity index (χ3n) is 2.58. The predicted molar refractivity (Wildman–Crippen MR) is 64.9 cm³/mol. The normalized spacial score (nSPS) is 12.4. The van der Waals surface area contributed by atoms with Crippen molar-refractivity contribution in [3.63, 3.8) is 0 Å². The largest absolute Gasteiger partial charge is 0.365 e. The van der Waals surface area contributed by atoms with Crippen LogP contribution in [0.25, 0.3) is 11.3 Å². The van der Waals surface area contributed by atoms with Gasteiger partial charge in [-0.05, 0) is 17.7 Å². The van der Waals surface area contributed by atoms with Crippen LogP contribution in [0.3, 0.4) is 0 Å². The van der Waals surface area contributed by atoms with Crippen molar-refractivity contribution in [1.82, 2.24) is 4.98 Å². The van der Waals surface area contributed by atoms with E-state index in [0.29, 0.717) is 0 Å². The molecule has 15 heavy (non-hydrogen) atoms. The van der Waals surface area contributed by atoms with E-state index in [4.69, 9.17) is 11.6 Å². The quantitative estimate of drug-likeness (QED) is 0.701. The molecule has 0 radical (unpaired) electrons. The summed E-state index contributed by atoms with van der Waals surface area (Å²) in [6.07, 6.45) is 0.963. The first kappa shape index (κ1) is 9.19. The van der Waals surface area contributed by atoms with Crippen LogP contribution in [-0.4, -0.2) is 12.0 Å². The predicted octanol–water partition coefficient (Wildman–Crippen LogP) is 3.41. The molecule has 1 N–H and O–H groups in total. The van der Waals surface area contributed by atoms with Crippen LogP contribution in [0.4, 0.5) is 5.13 Å². The SMILES string of the molecule is CNc1nc2c(s1)Cc1cc(Cl)ccc1-2. The van der Waals surface area contributed by atoms with Crippen LogP contribution >= 0.6 is 22.9 Å². The summed E-state index contributed by atoms with van der Waals surface area (Å²) < 4.78 is 0. The second kappa shape index (κ2) is 3.22. The first-order chi connectivity index (χ1) is 7.28. The molecule has 1 heterocycles. The van der Waals surface area contributed by atoms with Crippen molar-refractivity contribution in [2.75, 3.05) is 12.4 Å². The minimum atomic E-state index is 0.803. The molecule has 0 spiro atoms. The molecule has 1 aromatic carbocycles. The summed E-state index contributed by atoms with van der Waals surface area (Å²) in [6.45, 7) is 0. The summed E-state index contributed by atoms with van der Waals surface area (Å²) in [5.41, 5.74) is 3.64. The molecule has 76 valence electrons. The number of nitrogens with one attached hydrogen (secondary N) is 1. The van der Waals surface area contributed by atoms with E-state index < -0.39 is 0 Å². The molecule has 4 heteroatoms. The molecule has 3 rings (SSSR count). The zero-order valence-corrected chi connectivity index (χ0v) is 9.75. The third-order valence-corrected chi connectivity index (χ3v) is 3.89. The van der Waals surface area contributed by atoms with E-state index in [2.05, 4.69) is 16.4 Å². The van der Waals surface area contributed by atoms with Gasteiger partial charge in [0.25, 0.3) is 0 Å². The summed E-state index contributed by atoms with van der Waals surface area (Å²) in [7, 11) is 1.90. The lowest BCUT2D eigenvalue weighted by molar-refractivity contribution is 1.31. The van der Waals surface area contributed by atoms with E-state index in [1.807, 2.05) is 19.2 Å². The molecule has 2 aromatic rings. The topological polar surface area (TPSA) is 24.9 Å². The first-order valence-electron chi connectivity index (χ1n) is 4.74. The molecule has 1 aromatic heterocycles. The van der Waals surface area contributed by atoms with Crippen molar-refractivity contribution in [1.29, 1.82) is 0 Å². The van der Waals surface area contributed by atoms with Gasteiger partial charge >= 0.3 is 0 Å². The number of hydrogen-bond donors (Lipinski definition) is 1. The Morgan fingerprint density at radius 1 is 1.47 bits per heavy atom. The van der Waals surface area contributed by atoms with Crippen LogP contribution in [0, 0.1) is 0 Å². The maximum atomic E-state index is 5.96. The average Bonchev–Trinajstić information content (AvgIpc) is 2.73. The molecule has 0 saturated heterocycles. The van der Waals surface area contributed by atoms with Gasteiger partial charge in [0, 0.05) is 28.9 Å². The monoisotopic (exact) mass is 236 g/mol. The van der Waals surface area contributed by atoms with Crippen LogP contribution in [-0.2, 0) is 6.42 Å². The van der Waals surface area contributed by atoms with Crippen molar-refractivity contribution >= 4 is 28.1 Å². The molecule has 0 amide bonds. The number of halogens is 1. The zero-order chi connectivity index (χ0) is 10.4. The smallest absolute Gasteiger partial charge is 0.183 e. The molecule has 0 bridgehead atoms. The van der Waals surface area contributed by atoms with Crippen molar-refractivity contribution in [2.24, 2.45) is 0 Å². The number of nitrogens with zero attached hydrogens (tertiary/aromatic N) is 1. The highest BCUT2D eigenvalue weighted by Crippen LogP contribution is 2.41. The van der Waals surface area contributed by atoms with Gasteiger partial charge in [-0.15, -0.1) is 11.3 Å². The molecule has 0 fully saturated rings. The van der Waals surface area contributed by atoms with Crippen molar-refractivity contribution < 1.29 is 0 Å². The van der Waals surface area contributed by atoms with E-state index in [9.17, 15) is 0 Å². The fourth-order valence-corrected chi connectivity index (χ4v) is 3.05. The van der Waals surface area contributed by atoms with E-state index in [1.54, 1.807) is 11.3 Å².